The van der Waals surface area contributed by atoms with Crippen LogP contribution in [0.5, 0.6) is 5.75 Å². The Morgan fingerprint density at radius 1 is 1.00 bits per heavy atom. The molecule has 0 saturated carbocycles. The van der Waals surface area contributed by atoms with Gasteiger partial charge in [0.2, 0.25) is 5.90 Å². The van der Waals surface area contributed by atoms with Crippen LogP contribution in [0.25, 0.3) is 6.08 Å². The molecule has 4 nitrogen and oxygen atoms in total. The van der Waals surface area contributed by atoms with Gasteiger partial charge in [0.1, 0.15) is 18.2 Å². The fraction of sp³-hybridized carbons (Fsp3) is 0.0435. The smallest absolute Gasteiger partial charge is 0.363 e. The van der Waals surface area contributed by atoms with E-state index in [9.17, 15) is 9.18 Å². The van der Waals surface area contributed by atoms with Crippen molar-refractivity contribution in [1.82, 2.24) is 0 Å². The second-order valence-corrected chi connectivity index (χ2v) is 6.64. The summed E-state index contributed by atoms with van der Waals surface area (Å²) < 4.78 is 24.9. The van der Waals surface area contributed by atoms with Crippen molar-refractivity contribution in [3.8, 4) is 5.75 Å². The molecule has 0 unspecified atom stereocenters. The van der Waals surface area contributed by atoms with Crippen LogP contribution < -0.4 is 4.74 Å². The lowest BCUT2D eigenvalue weighted by Crippen LogP contribution is -2.05. The van der Waals surface area contributed by atoms with Crippen molar-refractivity contribution in [3.05, 3.63) is 106 Å². The third-order valence-electron chi connectivity index (χ3n) is 4.28. The maximum atomic E-state index is 13.8. The number of carbonyl (C=O) groups excluding carboxylic acids is 1. The highest BCUT2D eigenvalue weighted by atomic mass is 35.5. The van der Waals surface area contributed by atoms with Crippen LogP contribution in [0.15, 0.2) is 83.5 Å². The third kappa shape index (κ3) is 4.20. The van der Waals surface area contributed by atoms with Crippen molar-refractivity contribution in [2.75, 3.05) is 0 Å². The maximum absolute atomic E-state index is 13.8. The highest BCUT2D eigenvalue weighted by molar-refractivity contribution is 6.34. The van der Waals surface area contributed by atoms with Gasteiger partial charge in [-0.15, -0.1) is 0 Å². The summed E-state index contributed by atoms with van der Waals surface area (Å²) in [4.78, 5) is 16.5. The Morgan fingerprint density at radius 3 is 2.55 bits per heavy atom. The van der Waals surface area contributed by atoms with Gasteiger partial charge in [-0.3, -0.25) is 0 Å². The summed E-state index contributed by atoms with van der Waals surface area (Å²) >= 11 is 6.16. The van der Waals surface area contributed by atoms with Crippen molar-refractivity contribution >= 4 is 29.5 Å². The van der Waals surface area contributed by atoms with Crippen LogP contribution in [-0.4, -0.2) is 11.9 Å². The average molecular weight is 408 g/mol. The lowest BCUT2D eigenvalue weighted by Gasteiger charge is -2.10. The van der Waals surface area contributed by atoms with Crippen LogP contribution in [0.2, 0.25) is 5.02 Å². The van der Waals surface area contributed by atoms with Crippen molar-refractivity contribution in [2.45, 2.75) is 6.61 Å². The van der Waals surface area contributed by atoms with E-state index in [4.69, 9.17) is 21.1 Å². The first-order valence-electron chi connectivity index (χ1n) is 8.84. The number of nitrogens with zero attached hydrogens (tertiary/aromatic N) is 1. The quantitative estimate of drug-likeness (QED) is 0.420. The Balaban J connectivity index is 1.61. The number of cyclic esters (lactones) is 1. The van der Waals surface area contributed by atoms with E-state index in [1.807, 2.05) is 0 Å². The van der Waals surface area contributed by atoms with Crippen LogP contribution in [0.1, 0.15) is 16.7 Å². The molecule has 1 aliphatic rings. The molecule has 144 valence electrons. The summed E-state index contributed by atoms with van der Waals surface area (Å²) in [6.45, 7) is 0.0610. The van der Waals surface area contributed by atoms with Gasteiger partial charge in [0, 0.05) is 11.1 Å². The fourth-order valence-corrected chi connectivity index (χ4v) is 3.03. The number of para-hydroxylation sites is 1. The molecule has 4 rings (SSSR count). The van der Waals surface area contributed by atoms with Gasteiger partial charge in [-0.1, -0.05) is 60.1 Å². The largest absolute Gasteiger partial charge is 0.488 e. The third-order valence-corrected chi connectivity index (χ3v) is 4.61. The van der Waals surface area contributed by atoms with Gasteiger partial charge in [-0.25, -0.2) is 14.2 Å². The van der Waals surface area contributed by atoms with Gasteiger partial charge in [0.15, 0.2) is 5.70 Å². The van der Waals surface area contributed by atoms with Crippen LogP contribution in [0.3, 0.4) is 0 Å². The van der Waals surface area contributed by atoms with Gasteiger partial charge in [0.05, 0.1) is 10.6 Å². The zero-order chi connectivity index (χ0) is 20.2. The molecule has 0 saturated heterocycles. The molecule has 0 aromatic heterocycles. The van der Waals surface area contributed by atoms with Gasteiger partial charge < -0.3 is 9.47 Å². The molecule has 1 heterocycles. The molecule has 0 N–H and O–H groups in total. The predicted molar refractivity (Wildman–Crippen MR) is 109 cm³/mol. The first-order valence-corrected chi connectivity index (χ1v) is 9.22. The molecule has 1 aliphatic heterocycles. The van der Waals surface area contributed by atoms with E-state index in [1.54, 1.807) is 72.8 Å². The van der Waals surface area contributed by atoms with Gasteiger partial charge in [0.25, 0.3) is 0 Å². The molecule has 0 spiro atoms. The van der Waals surface area contributed by atoms with E-state index in [1.165, 1.54) is 6.07 Å². The number of ether oxygens (including phenoxy) is 2. The number of benzene rings is 3. The zero-order valence-electron chi connectivity index (χ0n) is 15.1. The average Bonchev–Trinajstić information content (AvgIpc) is 3.09. The summed E-state index contributed by atoms with van der Waals surface area (Å²) in [5.41, 5.74) is 1.73. The van der Waals surface area contributed by atoms with Gasteiger partial charge >= 0.3 is 5.97 Å². The molecule has 3 aromatic carbocycles. The minimum atomic E-state index is -0.580. The van der Waals surface area contributed by atoms with E-state index in [2.05, 4.69) is 4.99 Å². The molecular formula is C23H15ClFNO3. The Morgan fingerprint density at radius 2 is 1.72 bits per heavy atom. The molecular weight excluding hydrogens is 393 g/mol. The normalized spacial score (nSPS) is 14.6. The molecule has 0 fully saturated rings. The molecule has 3 aromatic rings. The minimum absolute atomic E-state index is 0.0610. The number of hydrogen-bond donors (Lipinski definition) is 0. The van der Waals surface area contributed by atoms with Crippen molar-refractivity contribution in [3.63, 3.8) is 0 Å². The van der Waals surface area contributed by atoms with Gasteiger partial charge in [-0.2, -0.15) is 0 Å². The van der Waals surface area contributed by atoms with Crippen molar-refractivity contribution in [2.24, 2.45) is 4.99 Å². The number of rotatable bonds is 5. The van der Waals surface area contributed by atoms with Crippen LogP contribution in [-0.2, 0) is 16.1 Å². The molecule has 0 amide bonds. The second-order valence-electron chi connectivity index (χ2n) is 6.23. The Bertz CT molecular complexity index is 1140. The second kappa shape index (κ2) is 8.29. The minimum Gasteiger partial charge on any atom is -0.488 e. The standard InChI is InChI=1S/C23H15ClFNO3/c24-18-10-4-3-9-17(18)22-26-20(23(27)29-22)13-15-7-2-6-12-21(15)28-14-16-8-1-5-11-19(16)25/h1-13H,14H2/b20-13-. The number of esters is 1. The monoisotopic (exact) mass is 407 g/mol. The molecule has 0 bridgehead atoms. The maximum Gasteiger partial charge on any atom is 0.363 e. The number of hydrogen-bond acceptors (Lipinski definition) is 4. The lowest BCUT2D eigenvalue weighted by molar-refractivity contribution is -0.129. The predicted octanol–water partition coefficient (Wildman–Crippen LogP) is 5.40. The molecule has 0 radical (unpaired) electrons. The summed E-state index contributed by atoms with van der Waals surface area (Å²) in [6.07, 6.45) is 1.57. The fourth-order valence-electron chi connectivity index (χ4n) is 2.81. The highest BCUT2D eigenvalue weighted by Crippen LogP contribution is 2.27. The summed E-state index contributed by atoms with van der Waals surface area (Å²) in [7, 11) is 0. The Labute approximate surface area is 171 Å². The highest BCUT2D eigenvalue weighted by Gasteiger charge is 2.25. The van der Waals surface area contributed by atoms with E-state index >= 15 is 0 Å². The van der Waals surface area contributed by atoms with Crippen molar-refractivity contribution < 1.29 is 18.7 Å². The van der Waals surface area contributed by atoms with Crippen LogP contribution in [0, 0.1) is 5.82 Å². The number of aliphatic imine (C=N–C) groups is 1. The molecule has 0 aliphatic carbocycles. The number of carbonyl (C=O) groups is 1. The van der Waals surface area contributed by atoms with E-state index in [-0.39, 0.29) is 24.0 Å². The van der Waals surface area contributed by atoms with E-state index < -0.39 is 5.97 Å². The van der Waals surface area contributed by atoms with Gasteiger partial charge in [-0.05, 0) is 30.3 Å². The summed E-state index contributed by atoms with van der Waals surface area (Å²) in [6, 6.07) is 20.5. The number of halogens is 2. The summed E-state index contributed by atoms with van der Waals surface area (Å²) in [5, 5.41) is 0.439. The van der Waals surface area contributed by atoms with E-state index in [0.717, 1.165) is 0 Å². The molecule has 29 heavy (non-hydrogen) atoms. The lowest BCUT2D eigenvalue weighted by atomic mass is 10.1. The molecule has 6 heteroatoms. The first kappa shape index (κ1) is 18.9. The molecule has 0 atom stereocenters. The first-order chi connectivity index (χ1) is 14.1. The van der Waals surface area contributed by atoms with E-state index in [0.29, 0.717) is 27.5 Å². The Hall–Kier alpha value is -3.44. The Kier molecular flexibility index (Phi) is 5.40. The van der Waals surface area contributed by atoms with Crippen LogP contribution in [0.4, 0.5) is 4.39 Å². The SMILES string of the molecule is O=C1OC(c2ccccc2Cl)=N/C1=C\c1ccccc1OCc1ccccc1F. The zero-order valence-corrected chi connectivity index (χ0v) is 15.9. The summed E-state index contributed by atoms with van der Waals surface area (Å²) in [5.74, 6) is -0.269. The topological polar surface area (TPSA) is 47.9 Å². The van der Waals surface area contributed by atoms with Crippen molar-refractivity contribution in [1.29, 1.82) is 0 Å². The van der Waals surface area contributed by atoms with Crippen LogP contribution >= 0.6 is 11.6 Å².